The quantitative estimate of drug-likeness (QED) is 0.694. The van der Waals surface area contributed by atoms with E-state index in [0.29, 0.717) is 5.56 Å². The van der Waals surface area contributed by atoms with Crippen LogP contribution in [-0.2, 0) is 0 Å². The molecule has 1 aromatic rings. The van der Waals surface area contributed by atoms with Crippen molar-refractivity contribution in [3.8, 4) is 0 Å². The van der Waals surface area contributed by atoms with Gasteiger partial charge in [-0.2, -0.15) is 0 Å². The molecule has 0 spiro atoms. The molecule has 0 bridgehead atoms. The van der Waals surface area contributed by atoms with Crippen molar-refractivity contribution in [2.45, 2.75) is 13.0 Å². The third-order valence-electron chi connectivity index (χ3n) is 1.43. The van der Waals surface area contributed by atoms with Gasteiger partial charge in [0.1, 0.15) is 5.82 Å². The van der Waals surface area contributed by atoms with Crippen LogP contribution in [0.3, 0.4) is 0 Å². The molecule has 0 aliphatic rings. The lowest BCUT2D eigenvalue weighted by molar-refractivity contribution is 0.199. The first kappa shape index (κ1) is 8.50. The van der Waals surface area contributed by atoms with E-state index in [1.807, 2.05) is 0 Å². The van der Waals surface area contributed by atoms with Crippen molar-refractivity contribution < 1.29 is 9.50 Å². The van der Waals surface area contributed by atoms with Gasteiger partial charge < -0.3 is 5.11 Å². The zero-order chi connectivity index (χ0) is 8.43. The fourth-order valence-electron chi connectivity index (χ4n) is 0.843. The van der Waals surface area contributed by atoms with Crippen molar-refractivity contribution in [1.29, 1.82) is 0 Å². The second-order valence-electron chi connectivity index (χ2n) is 2.32. The second kappa shape index (κ2) is 3.20. The monoisotopic (exact) mass is 174 g/mol. The number of benzene rings is 1. The van der Waals surface area contributed by atoms with Gasteiger partial charge in [0.25, 0.3) is 0 Å². The Morgan fingerprint density at radius 3 is 2.64 bits per heavy atom. The maximum Gasteiger partial charge on any atom is 0.142 e. The molecular formula is C8H8ClFO. The van der Waals surface area contributed by atoms with Crippen LogP contribution < -0.4 is 0 Å². The zero-order valence-electron chi connectivity index (χ0n) is 6.01. The Morgan fingerprint density at radius 2 is 2.18 bits per heavy atom. The van der Waals surface area contributed by atoms with Gasteiger partial charge in [0.15, 0.2) is 0 Å². The molecule has 0 aromatic heterocycles. The fourth-order valence-corrected chi connectivity index (χ4v) is 1.13. The predicted octanol–water partition coefficient (Wildman–Crippen LogP) is 2.53. The van der Waals surface area contributed by atoms with E-state index in [1.165, 1.54) is 12.1 Å². The molecule has 60 valence electrons. The summed E-state index contributed by atoms with van der Waals surface area (Å²) in [5.74, 6) is -0.495. The van der Waals surface area contributed by atoms with E-state index >= 15 is 0 Å². The van der Waals surface area contributed by atoms with Gasteiger partial charge in [-0.1, -0.05) is 23.7 Å². The highest BCUT2D eigenvalue weighted by Crippen LogP contribution is 2.24. The van der Waals surface area contributed by atoms with Crippen LogP contribution >= 0.6 is 11.6 Å². The summed E-state index contributed by atoms with van der Waals surface area (Å²) in [6, 6.07) is 4.37. The summed E-state index contributed by atoms with van der Waals surface area (Å²) in [6.45, 7) is 1.54. The number of rotatable bonds is 1. The topological polar surface area (TPSA) is 20.2 Å². The molecule has 0 radical (unpaired) electrons. The van der Waals surface area contributed by atoms with Crippen molar-refractivity contribution in [3.05, 3.63) is 34.6 Å². The Labute approximate surface area is 69.4 Å². The van der Waals surface area contributed by atoms with Crippen molar-refractivity contribution in [1.82, 2.24) is 0 Å². The van der Waals surface area contributed by atoms with Gasteiger partial charge in [-0.3, -0.25) is 0 Å². The Kier molecular flexibility index (Phi) is 2.47. The van der Waals surface area contributed by atoms with E-state index in [-0.39, 0.29) is 5.02 Å². The van der Waals surface area contributed by atoms with E-state index < -0.39 is 11.9 Å². The molecule has 0 heterocycles. The van der Waals surface area contributed by atoms with Crippen LogP contribution in [0.2, 0.25) is 5.02 Å². The first-order valence-corrected chi connectivity index (χ1v) is 3.62. The highest BCUT2D eigenvalue weighted by Gasteiger charge is 2.08. The van der Waals surface area contributed by atoms with Crippen molar-refractivity contribution >= 4 is 11.6 Å². The summed E-state index contributed by atoms with van der Waals surface area (Å²) in [5.41, 5.74) is 0.423. The van der Waals surface area contributed by atoms with Crippen LogP contribution in [0.15, 0.2) is 18.2 Å². The summed E-state index contributed by atoms with van der Waals surface area (Å²) in [4.78, 5) is 0. The maximum atomic E-state index is 12.7. The molecule has 0 amide bonds. The normalized spacial score (nSPS) is 13.1. The minimum absolute atomic E-state index is 0.00231. The largest absolute Gasteiger partial charge is 0.389 e. The van der Waals surface area contributed by atoms with E-state index in [0.717, 1.165) is 0 Å². The van der Waals surface area contributed by atoms with Gasteiger partial charge in [-0.25, -0.2) is 4.39 Å². The standard InChI is InChI=1S/C8H8ClFO/c1-5(11)6-3-2-4-7(10)8(6)9/h2-5,11H,1H3/t5-/m0/s1. The first-order valence-electron chi connectivity index (χ1n) is 3.25. The van der Waals surface area contributed by atoms with Gasteiger partial charge >= 0.3 is 0 Å². The molecule has 3 heteroatoms. The van der Waals surface area contributed by atoms with Crippen LogP contribution in [0.25, 0.3) is 0 Å². The number of halogens is 2. The Hall–Kier alpha value is -0.600. The summed E-state index contributed by atoms with van der Waals surface area (Å²) in [5, 5.41) is 9.08. The molecule has 0 saturated heterocycles. The Morgan fingerprint density at radius 1 is 1.55 bits per heavy atom. The van der Waals surface area contributed by atoms with Crippen molar-refractivity contribution in [2.24, 2.45) is 0 Å². The van der Waals surface area contributed by atoms with Crippen LogP contribution in [0.5, 0.6) is 0 Å². The highest BCUT2D eigenvalue weighted by molar-refractivity contribution is 6.31. The number of aliphatic hydroxyl groups excluding tert-OH is 1. The molecule has 1 rings (SSSR count). The molecule has 0 aliphatic heterocycles. The average Bonchev–Trinajstić information content (AvgIpc) is 1.94. The third-order valence-corrected chi connectivity index (χ3v) is 1.83. The molecule has 11 heavy (non-hydrogen) atoms. The van der Waals surface area contributed by atoms with Crippen molar-refractivity contribution in [2.75, 3.05) is 0 Å². The van der Waals surface area contributed by atoms with Crippen molar-refractivity contribution in [3.63, 3.8) is 0 Å². The smallest absolute Gasteiger partial charge is 0.142 e. The molecule has 0 aliphatic carbocycles. The highest BCUT2D eigenvalue weighted by atomic mass is 35.5. The minimum atomic E-state index is -0.724. The molecule has 0 unspecified atom stereocenters. The summed E-state index contributed by atoms with van der Waals surface area (Å²) >= 11 is 5.55. The molecular weight excluding hydrogens is 167 g/mol. The van der Waals surface area contributed by atoms with Gasteiger partial charge in [0, 0.05) is 5.56 Å². The summed E-state index contributed by atoms with van der Waals surface area (Å²) in [7, 11) is 0. The van der Waals surface area contributed by atoms with Crippen LogP contribution in [0.4, 0.5) is 4.39 Å². The van der Waals surface area contributed by atoms with E-state index in [1.54, 1.807) is 13.0 Å². The van der Waals surface area contributed by atoms with E-state index in [2.05, 4.69) is 0 Å². The summed E-state index contributed by atoms with van der Waals surface area (Å²) in [6.07, 6.45) is -0.724. The van der Waals surface area contributed by atoms with Gasteiger partial charge in [0.05, 0.1) is 11.1 Å². The lowest BCUT2D eigenvalue weighted by Gasteiger charge is -2.06. The van der Waals surface area contributed by atoms with E-state index in [9.17, 15) is 4.39 Å². The molecule has 1 aromatic carbocycles. The lowest BCUT2D eigenvalue weighted by Crippen LogP contribution is -1.93. The van der Waals surface area contributed by atoms with E-state index in [4.69, 9.17) is 16.7 Å². The van der Waals surface area contributed by atoms with Crippen LogP contribution in [-0.4, -0.2) is 5.11 Å². The Bertz CT molecular complexity index is 260. The molecule has 1 N–H and O–H groups in total. The van der Waals surface area contributed by atoms with Crippen LogP contribution in [0, 0.1) is 5.82 Å². The van der Waals surface area contributed by atoms with Gasteiger partial charge in [-0.15, -0.1) is 0 Å². The first-order chi connectivity index (χ1) is 5.13. The fraction of sp³-hybridized carbons (Fsp3) is 0.250. The second-order valence-corrected chi connectivity index (χ2v) is 2.70. The SMILES string of the molecule is C[C@H](O)c1cccc(F)c1Cl. The molecule has 0 saturated carbocycles. The Balaban J connectivity index is 3.17. The summed E-state index contributed by atoms with van der Waals surface area (Å²) < 4.78 is 12.7. The molecule has 1 atom stereocenters. The van der Waals surface area contributed by atoms with Crippen LogP contribution in [0.1, 0.15) is 18.6 Å². The minimum Gasteiger partial charge on any atom is -0.389 e. The van der Waals surface area contributed by atoms with Gasteiger partial charge in [-0.05, 0) is 13.0 Å². The molecule has 1 nitrogen and oxygen atoms in total. The third kappa shape index (κ3) is 1.70. The predicted molar refractivity (Wildman–Crippen MR) is 42.0 cm³/mol. The number of aliphatic hydroxyl groups is 1. The average molecular weight is 175 g/mol. The van der Waals surface area contributed by atoms with Gasteiger partial charge in [0.2, 0.25) is 0 Å². The molecule has 0 fully saturated rings. The number of hydrogen-bond acceptors (Lipinski definition) is 1. The zero-order valence-corrected chi connectivity index (χ0v) is 6.77. The maximum absolute atomic E-state index is 12.7. The number of hydrogen-bond donors (Lipinski definition) is 1. The lowest BCUT2D eigenvalue weighted by atomic mass is 10.1.